The molecule has 0 fully saturated rings. The fraction of sp³-hybridized carbons (Fsp3) is 0.500. The van der Waals surface area contributed by atoms with Gasteiger partial charge in [0.25, 0.3) is 0 Å². The molecule has 0 radical (unpaired) electrons. The summed E-state index contributed by atoms with van der Waals surface area (Å²) in [6.45, 7) is 4.46. The van der Waals surface area contributed by atoms with Gasteiger partial charge in [0.05, 0.1) is 16.5 Å². The highest BCUT2D eigenvalue weighted by molar-refractivity contribution is 9.10. The zero-order chi connectivity index (χ0) is 13.9. The van der Waals surface area contributed by atoms with Crippen LogP contribution in [0.2, 0.25) is 0 Å². The number of hydrogen-bond acceptors (Lipinski definition) is 3. The first kappa shape index (κ1) is 15.5. The number of methoxy groups -OCH3 is 1. The van der Waals surface area contributed by atoms with E-state index in [-0.39, 0.29) is 10.8 Å². The van der Waals surface area contributed by atoms with E-state index in [1.807, 2.05) is 13.8 Å². The predicted octanol–water partition coefficient (Wildman–Crippen LogP) is 2.73. The number of sulfonamides is 1. The first-order chi connectivity index (χ1) is 8.28. The number of benzene rings is 1. The van der Waals surface area contributed by atoms with E-state index in [2.05, 4.69) is 15.9 Å². The van der Waals surface area contributed by atoms with Crippen molar-refractivity contribution in [1.29, 1.82) is 0 Å². The van der Waals surface area contributed by atoms with E-state index < -0.39 is 10.0 Å². The molecule has 0 amide bonds. The first-order valence-electron chi connectivity index (χ1n) is 5.59. The Morgan fingerprint density at radius 3 is 2.44 bits per heavy atom. The highest BCUT2D eigenvalue weighted by atomic mass is 79.9. The summed E-state index contributed by atoms with van der Waals surface area (Å²) >= 11 is 3.29. The number of nitrogens with zero attached hydrogens (tertiary/aromatic N) is 1. The smallest absolute Gasteiger partial charge is 0.242 e. The summed E-state index contributed by atoms with van der Waals surface area (Å²) in [6, 6.07) is 4.75. The van der Waals surface area contributed by atoms with Gasteiger partial charge in [0.15, 0.2) is 0 Å². The minimum Gasteiger partial charge on any atom is -0.496 e. The van der Waals surface area contributed by atoms with Gasteiger partial charge in [-0.1, -0.05) is 13.8 Å². The average molecular weight is 336 g/mol. The van der Waals surface area contributed by atoms with Crippen LogP contribution in [0.15, 0.2) is 27.6 Å². The van der Waals surface area contributed by atoms with Crippen molar-refractivity contribution in [3.8, 4) is 5.75 Å². The summed E-state index contributed by atoms with van der Waals surface area (Å²) in [7, 11) is -0.302. The van der Waals surface area contributed by atoms with Crippen LogP contribution in [0.5, 0.6) is 5.75 Å². The molecule has 1 rings (SSSR count). The lowest BCUT2D eigenvalue weighted by atomic mass is 10.2. The third-order valence-corrected chi connectivity index (χ3v) is 4.89. The van der Waals surface area contributed by atoms with Gasteiger partial charge in [-0.3, -0.25) is 0 Å². The number of halogens is 1. The van der Waals surface area contributed by atoms with E-state index in [9.17, 15) is 8.42 Å². The molecule has 18 heavy (non-hydrogen) atoms. The lowest BCUT2D eigenvalue weighted by molar-refractivity contribution is 0.410. The molecule has 0 unspecified atom stereocenters. The molecule has 0 saturated carbocycles. The van der Waals surface area contributed by atoms with Crippen LogP contribution in [0.1, 0.15) is 13.8 Å². The Kier molecular flexibility index (Phi) is 5.19. The van der Waals surface area contributed by atoms with Crippen molar-refractivity contribution < 1.29 is 13.2 Å². The monoisotopic (exact) mass is 335 g/mol. The van der Waals surface area contributed by atoms with Gasteiger partial charge in [0.2, 0.25) is 10.0 Å². The molecule has 0 saturated heterocycles. The molecule has 1 aromatic carbocycles. The number of rotatable bonds is 5. The van der Waals surface area contributed by atoms with Crippen molar-refractivity contribution in [3.63, 3.8) is 0 Å². The largest absolute Gasteiger partial charge is 0.496 e. The molecule has 6 heteroatoms. The second-order valence-corrected chi connectivity index (χ2v) is 7.37. The normalized spacial score (nSPS) is 12.2. The van der Waals surface area contributed by atoms with Crippen LogP contribution in [0.4, 0.5) is 0 Å². The van der Waals surface area contributed by atoms with Gasteiger partial charge in [-0.05, 0) is 40.0 Å². The topological polar surface area (TPSA) is 46.6 Å². The molecule has 4 nitrogen and oxygen atoms in total. The zero-order valence-electron chi connectivity index (χ0n) is 11.0. The Bertz CT molecular complexity index is 514. The van der Waals surface area contributed by atoms with Crippen LogP contribution in [-0.2, 0) is 10.0 Å². The van der Waals surface area contributed by atoms with Crippen molar-refractivity contribution >= 4 is 26.0 Å². The maximum Gasteiger partial charge on any atom is 0.242 e. The van der Waals surface area contributed by atoms with Crippen molar-refractivity contribution in [2.75, 3.05) is 20.7 Å². The molecule has 1 aromatic rings. The van der Waals surface area contributed by atoms with E-state index in [1.54, 1.807) is 32.4 Å². The second-order valence-electron chi connectivity index (χ2n) is 4.48. The molecule has 0 aliphatic heterocycles. The summed E-state index contributed by atoms with van der Waals surface area (Å²) < 4.78 is 31.6. The molecule has 0 aliphatic rings. The Labute approximate surface area is 117 Å². The van der Waals surface area contributed by atoms with Crippen molar-refractivity contribution in [3.05, 3.63) is 22.7 Å². The van der Waals surface area contributed by atoms with Crippen LogP contribution in [0.3, 0.4) is 0 Å². The molecule has 0 aliphatic carbocycles. The van der Waals surface area contributed by atoms with Crippen molar-refractivity contribution in [2.24, 2.45) is 5.92 Å². The van der Waals surface area contributed by atoms with Crippen LogP contribution < -0.4 is 4.74 Å². The number of hydrogen-bond donors (Lipinski definition) is 0. The minimum absolute atomic E-state index is 0.262. The van der Waals surface area contributed by atoms with Gasteiger partial charge in [-0.25, -0.2) is 12.7 Å². The third kappa shape index (κ3) is 3.46. The van der Waals surface area contributed by atoms with Gasteiger partial charge in [0, 0.05) is 13.6 Å². The van der Waals surface area contributed by atoms with E-state index in [0.29, 0.717) is 16.8 Å². The van der Waals surface area contributed by atoms with E-state index in [0.717, 1.165) is 0 Å². The second kappa shape index (κ2) is 6.04. The van der Waals surface area contributed by atoms with Crippen LogP contribution in [0.25, 0.3) is 0 Å². The third-order valence-electron chi connectivity index (χ3n) is 2.45. The molecule has 0 N–H and O–H groups in total. The van der Waals surface area contributed by atoms with Gasteiger partial charge >= 0.3 is 0 Å². The zero-order valence-corrected chi connectivity index (χ0v) is 13.4. The maximum atomic E-state index is 12.3. The first-order valence-corrected chi connectivity index (χ1v) is 7.82. The maximum absolute atomic E-state index is 12.3. The highest BCUT2D eigenvalue weighted by Crippen LogP contribution is 2.28. The number of ether oxygens (including phenoxy) is 1. The van der Waals surface area contributed by atoms with Gasteiger partial charge in [-0.15, -0.1) is 0 Å². The molecule has 0 spiro atoms. The fourth-order valence-corrected chi connectivity index (χ4v) is 3.65. The lowest BCUT2D eigenvalue weighted by Gasteiger charge is -2.19. The standard InChI is InChI=1S/C12H18BrNO3S/c1-9(2)8-14(3)18(15,16)10-5-6-12(17-4)11(13)7-10/h5-7,9H,8H2,1-4H3. The summed E-state index contributed by atoms with van der Waals surface area (Å²) in [6.07, 6.45) is 0. The molecular weight excluding hydrogens is 318 g/mol. The molecule has 0 bridgehead atoms. The quantitative estimate of drug-likeness (QED) is 0.831. The highest BCUT2D eigenvalue weighted by Gasteiger charge is 2.22. The van der Waals surface area contributed by atoms with Crippen LogP contribution in [-0.4, -0.2) is 33.4 Å². The Balaban J connectivity index is 3.09. The molecule has 0 heterocycles. The van der Waals surface area contributed by atoms with Crippen molar-refractivity contribution in [2.45, 2.75) is 18.7 Å². The Morgan fingerprint density at radius 1 is 1.39 bits per heavy atom. The Morgan fingerprint density at radius 2 is 2.00 bits per heavy atom. The fourth-order valence-electron chi connectivity index (χ4n) is 1.60. The van der Waals surface area contributed by atoms with Crippen LogP contribution >= 0.6 is 15.9 Å². The van der Waals surface area contributed by atoms with E-state index in [4.69, 9.17) is 4.74 Å². The summed E-state index contributed by atoms with van der Waals surface area (Å²) in [4.78, 5) is 0.262. The van der Waals surface area contributed by atoms with Gasteiger partial charge in [0.1, 0.15) is 5.75 Å². The molecular formula is C12H18BrNO3S. The van der Waals surface area contributed by atoms with E-state index >= 15 is 0 Å². The summed E-state index contributed by atoms with van der Waals surface area (Å²) in [5.41, 5.74) is 0. The molecule has 0 atom stereocenters. The predicted molar refractivity (Wildman–Crippen MR) is 75.3 cm³/mol. The van der Waals surface area contributed by atoms with Gasteiger partial charge < -0.3 is 4.74 Å². The molecule has 0 aromatic heterocycles. The lowest BCUT2D eigenvalue weighted by Crippen LogP contribution is -2.30. The molecule has 102 valence electrons. The van der Waals surface area contributed by atoms with Gasteiger partial charge in [-0.2, -0.15) is 0 Å². The van der Waals surface area contributed by atoms with E-state index in [1.165, 1.54) is 4.31 Å². The minimum atomic E-state index is -3.43. The van der Waals surface area contributed by atoms with Crippen molar-refractivity contribution in [1.82, 2.24) is 4.31 Å². The average Bonchev–Trinajstić information content (AvgIpc) is 2.27. The Hall–Kier alpha value is -0.590. The summed E-state index contributed by atoms with van der Waals surface area (Å²) in [5, 5.41) is 0. The summed E-state index contributed by atoms with van der Waals surface area (Å²) in [5.74, 6) is 0.895. The van der Waals surface area contributed by atoms with Crippen LogP contribution in [0, 0.1) is 5.92 Å². The SMILES string of the molecule is COc1ccc(S(=O)(=O)N(C)CC(C)C)cc1Br.